The highest BCUT2D eigenvalue weighted by molar-refractivity contribution is 5.71. The first kappa shape index (κ1) is 79.3. The molecule has 0 aliphatic heterocycles. The molecule has 6 heteroatoms. The number of hydrogen-bond acceptors (Lipinski definition) is 6. The first-order chi connectivity index (χ1) is 41.0. The molecule has 478 valence electrons. The third-order valence-corrected chi connectivity index (χ3v) is 15.6. The Balaban J connectivity index is 4.22. The van der Waals surface area contributed by atoms with E-state index in [-0.39, 0.29) is 31.1 Å². The van der Waals surface area contributed by atoms with E-state index in [1.54, 1.807) is 0 Å². The highest BCUT2D eigenvalue weighted by atomic mass is 16.6. The number of esters is 3. The van der Waals surface area contributed by atoms with Crippen LogP contribution in [0.4, 0.5) is 0 Å². The summed E-state index contributed by atoms with van der Waals surface area (Å²) in [6.45, 7) is 6.54. The van der Waals surface area contributed by atoms with E-state index in [1.165, 1.54) is 199 Å². The minimum Gasteiger partial charge on any atom is -0.462 e. The van der Waals surface area contributed by atoms with E-state index < -0.39 is 6.10 Å². The molecular formula is C77H134O6. The molecule has 1 atom stereocenters. The van der Waals surface area contributed by atoms with E-state index in [4.69, 9.17) is 14.2 Å². The number of carbonyl (C=O) groups is 3. The van der Waals surface area contributed by atoms with Gasteiger partial charge in [0.2, 0.25) is 0 Å². The normalized spacial score (nSPS) is 12.7. The summed E-state index contributed by atoms with van der Waals surface area (Å²) < 4.78 is 17.0. The lowest BCUT2D eigenvalue weighted by Crippen LogP contribution is -2.30. The second kappa shape index (κ2) is 70.8. The van der Waals surface area contributed by atoms with Crippen molar-refractivity contribution < 1.29 is 28.6 Å². The molecule has 0 aliphatic carbocycles. The van der Waals surface area contributed by atoms with Crippen molar-refractivity contribution in [1.29, 1.82) is 0 Å². The molecule has 0 bridgehead atoms. The molecule has 0 saturated heterocycles. The maximum atomic E-state index is 12.9. The van der Waals surface area contributed by atoms with Crippen molar-refractivity contribution in [2.45, 2.75) is 361 Å². The molecule has 0 aromatic heterocycles. The van der Waals surface area contributed by atoms with Crippen LogP contribution in [0.15, 0.2) is 97.2 Å². The maximum absolute atomic E-state index is 12.9. The minimum absolute atomic E-state index is 0.0777. The first-order valence-electron chi connectivity index (χ1n) is 35.7. The van der Waals surface area contributed by atoms with E-state index in [1.807, 2.05) is 0 Å². The summed E-state index contributed by atoms with van der Waals surface area (Å²) in [4.78, 5) is 38.4. The van der Waals surface area contributed by atoms with Gasteiger partial charge in [0.1, 0.15) is 13.2 Å². The zero-order chi connectivity index (χ0) is 59.9. The largest absolute Gasteiger partial charge is 0.462 e. The van der Waals surface area contributed by atoms with Crippen molar-refractivity contribution >= 4 is 17.9 Å². The van der Waals surface area contributed by atoms with Crippen LogP contribution in [0.25, 0.3) is 0 Å². The van der Waals surface area contributed by atoms with E-state index in [0.29, 0.717) is 19.3 Å². The van der Waals surface area contributed by atoms with Gasteiger partial charge in [-0.05, 0) is 103 Å². The molecule has 0 radical (unpaired) electrons. The van der Waals surface area contributed by atoms with Crippen molar-refractivity contribution in [2.75, 3.05) is 13.2 Å². The minimum atomic E-state index is -0.782. The monoisotopic (exact) mass is 1160 g/mol. The topological polar surface area (TPSA) is 78.9 Å². The van der Waals surface area contributed by atoms with Crippen molar-refractivity contribution in [3.63, 3.8) is 0 Å². The number of ether oxygens (including phenoxy) is 3. The Kier molecular flexibility index (Phi) is 67.7. The fraction of sp³-hybridized carbons (Fsp3) is 0.753. The van der Waals surface area contributed by atoms with Gasteiger partial charge in [0, 0.05) is 19.3 Å². The first-order valence-corrected chi connectivity index (χ1v) is 35.7. The fourth-order valence-corrected chi connectivity index (χ4v) is 10.2. The summed E-state index contributed by atoms with van der Waals surface area (Å²) in [5.41, 5.74) is 0. The van der Waals surface area contributed by atoms with Crippen LogP contribution in [-0.4, -0.2) is 37.2 Å². The second-order valence-corrected chi connectivity index (χ2v) is 23.8. The molecule has 0 N–H and O–H groups in total. The van der Waals surface area contributed by atoms with Crippen molar-refractivity contribution in [3.05, 3.63) is 97.2 Å². The smallest absolute Gasteiger partial charge is 0.306 e. The van der Waals surface area contributed by atoms with Crippen molar-refractivity contribution in [2.24, 2.45) is 0 Å². The quantitative estimate of drug-likeness (QED) is 0.0261. The van der Waals surface area contributed by atoms with E-state index >= 15 is 0 Å². The molecule has 0 spiro atoms. The molecule has 0 aliphatic rings. The lowest BCUT2D eigenvalue weighted by molar-refractivity contribution is -0.167. The van der Waals surface area contributed by atoms with Gasteiger partial charge < -0.3 is 14.2 Å². The van der Waals surface area contributed by atoms with Crippen LogP contribution in [-0.2, 0) is 28.6 Å². The number of hydrogen-bond donors (Lipinski definition) is 0. The number of allylic oxidation sites excluding steroid dienone is 16. The summed E-state index contributed by atoms with van der Waals surface area (Å²) in [5.74, 6) is -0.873. The van der Waals surface area contributed by atoms with Gasteiger partial charge in [-0.25, -0.2) is 0 Å². The standard InChI is InChI=1S/C77H134O6/c1-4-7-10-13-16-19-22-25-28-30-31-32-33-34-35-36-37-38-39-40-41-42-43-44-45-47-49-52-55-58-61-64-67-70-76(79)82-73-74(72-81-75(78)69-66-63-60-57-54-51-48-27-24-21-18-15-12-9-6-3)83-77(80)71-68-65-62-59-56-53-50-46-29-26-23-20-17-14-11-8-5-2/h7,10,16,18-19,21,25,27-28,31-32,34-35,37-38,48,74H,4-6,8-9,11-15,17,20,22-24,26,29-30,33,36,39-47,49-73H2,1-3H3/b10-7-,19-16-,21-18-,28-25-,32-31-,35-34-,38-37-,48-27-. The van der Waals surface area contributed by atoms with E-state index in [9.17, 15) is 14.4 Å². The molecule has 0 rings (SSSR count). The van der Waals surface area contributed by atoms with Crippen LogP contribution in [0.1, 0.15) is 355 Å². The maximum Gasteiger partial charge on any atom is 0.306 e. The van der Waals surface area contributed by atoms with Gasteiger partial charge in [-0.2, -0.15) is 0 Å². The average Bonchev–Trinajstić information content (AvgIpc) is 3.49. The predicted octanol–water partition coefficient (Wildman–Crippen LogP) is 24.8. The molecular weight excluding hydrogens is 1020 g/mol. The van der Waals surface area contributed by atoms with E-state index in [0.717, 1.165) is 116 Å². The van der Waals surface area contributed by atoms with Crippen molar-refractivity contribution in [1.82, 2.24) is 0 Å². The number of rotatable bonds is 65. The third-order valence-electron chi connectivity index (χ3n) is 15.6. The lowest BCUT2D eigenvalue weighted by atomic mass is 10.0. The Morgan fingerprint density at radius 1 is 0.253 bits per heavy atom. The Hall–Kier alpha value is -3.67. The zero-order valence-corrected chi connectivity index (χ0v) is 54.9. The second-order valence-electron chi connectivity index (χ2n) is 23.8. The van der Waals surface area contributed by atoms with Crippen LogP contribution < -0.4 is 0 Å². The van der Waals surface area contributed by atoms with Crippen LogP contribution in [0.5, 0.6) is 0 Å². The average molecular weight is 1160 g/mol. The Morgan fingerprint density at radius 3 is 0.759 bits per heavy atom. The highest BCUT2D eigenvalue weighted by Crippen LogP contribution is 2.18. The number of carbonyl (C=O) groups excluding carboxylic acids is 3. The van der Waals surface area contributed by atoms with Crippen LogP contribution in [0, 0.1) is 0 Å². The molecule has 0 fully saturated rings. The highest BCUT2D eigenvalue weighted by Gasteiger charge is 2.19. The fourth-order valence-electron chi connectivity index (χ4n) is 10.2. The Labute approximate surface area is 515 Å². The zero-order valence-electron chi connectivity index (χ0n) is 54.9. The Bertz CT molecular complexity index is 1610. The van der Waals surface area contributed by atoms with Gasteiger partial charge in [-0.15, -0.1) is 0 Å². The molecule has 0 saturated carbocycles. The lowest BCUT2D eigenvalue weighted by Gasteiger charge is -2.18. The van der Waals surface area contributed by atoms with Crippen LogP contribution in [0.3, 0.4) is 0 Å². The molecule has 83 heavy (non-hydrogen) atoms. The van der Waals surface area contributed by atoms with Gasteiger partial charge in [0.15, 0.2) is 6.10 Å². The van der Waals surface area contributed by atoms with Gasteiger partial charge in [0.25, 0.3) is 0 Å². The summed E-state index contributed by atoms with van der Waals surface area (Å²) in [7, 11) is 0. The van der Waals surface area contributed by atoms with Gasteiger partial charge >= 0.3 is 17.9 Å². The van der Waals surface area contributed by atoms with Gasteiger partial charge in [-0.3, -0.25) is 14.4 Å². The number of unbranched alkanes of at least 4 members (excludes halogenated alkanes) is 38. The predicted molar refractivity (Wildman–Crippen MR) is 362 cm³/mol. The molecule has 0 heterocycles. The summed E-state index contributed by atoms with van der Waals surface area (Å²) in [5, 5.41) is 0. The molecule has 0 aromatic rings. The Morgan fingerprint density at radius 2 is 0.470 bits per heavy atom. The van der Waals surface area contributed by atoms with Gasteiger partial charge in [0.05, 0.1) is 0 Å². The summed E-state index contributed by atoms with van der Waals surface area (Å²) in [6.07, 6.45) is 95.8. The molecule has 6 nitrogen and oxygen atoms in total. The van der Waals surface area contributed by atoms with Crippen LogP contribution in [0.2, 0.25) is 0 Å². The van der Waals surface area contributed by atoms with Crippen LogP contribution >= 0.6 is 0 Å². The van der Waals surface area contributed by atoms with E-state index in [2.05, 4.69) is 118 Å². The summed E-state index contributed by atoms with van der Waals surface area (Å²) in [6, 6.07) is 0. The summed E-state index contributed by atoms with van der Waals surface area (Å²) >= 11 is 0. The molecule has 0 aromatic carbocycles. The van der Waals surface area contributed by atoms with Gasteiger partial charge in [-0.1, -0.05) is 330 Å². The molecule has 1 unspecified atom stereocenters. The third kappa shape index (κ3) is 69.0. The molecule has 0 amide bonds. The van der Waals surface area contributed by atoms with Crippen molar-refractivity contribution in [3.8, 4) is 0 Å². The SMILES string of the molecule is CC/C=C\C/C=C\C/C=C\C/C=C\C/C=C\C/C=C\CCCCCCCCCCCCCCCCC(=O)OCC(COC(=O)CCCCCCC/C=C\C/C=C\CCCCC)OC(=O)CCCCCCCCCCCCCCCCCCC.